The van der Waals surface area contributed by atoms with Crippen molar-refractivity contribution >= 4 is 21.8 Å². The largest absolute Gasteiger partial charge is 0.507 e. The molecule has 1 saturated heterocycles. The van der Waals surface area contributed by atoms with Crippen LogP contribution in [0.2, 0.25) is 0 Å². The monoisotopic (exact) mass is 484 g/mol. The summed E-state index contributed by atoms with van der Waals surface area (Å²) in [4.78, 5) is 12.5. The van der Waals surface area contributed by atoms with Crippen LogP contribution >= 0.6 is 0 Å². The van der Waals surface area contributed by atoms with Crippen molar-refractivity contribution in [2.75, 3.05) is 13.1 Å². The van der Waals surface area contributed by atoms with Crippen LogP contribution in [-0.4, -0.2) is 42.2 Å². The number of aliphatic hydroxyl groups excluding tert-OH is 1. The maximum Gasteiger partial charge on any atom is 0.280 e. The van der Waals surface area contributed by atoms with E-state index in [1.54, 1.807) is 10.4 Å². The highest BCUT2D eigenvalue weighted by Crippen LogP contribution is 2.50. The second-order valence-corrected chi connectivity index (χ2v) is 11.4. The molecule has 0 amide bonds. The molecule has 2 N–H and O–H groups in total. The molecule has 3 atom stereocenters. The summed E-state index contributed by atoms with van der Waals surface area (Å²) in [6.07, 6.45) is 5.40. The fraction of sp³-hybridized carbons (Fsp3) is 0.423. The zero-order valence-corrected chi connectivity index (χ0v) is 19.9. The maximum absolute atomic E-state index is 13.1. The quantitative estimate of drug-likeness (QED) is 0.381. The smallest absolute Gasteiger partial charge is 0.280 e. The van der Waals surface area contributed by atoms with Gasteiger partial charge in [0.1, 0.15) is 11.6 Å². The maximum atomic E-state index is 13.1. The van der Waals surface area contributed by atoms with E-state index in [1.807, 2.05) is 19.1 Å². The number of fused-ring (bicyclic) bond motifs is 1. The molecule has 3 unspecified atom stereocenters. The van der Waals surface area contributed by atoms with Crippen molar-refractivity contribution in [1.82, 2.24) is 9.03 Å². The summed E-state index contributed by atoms with van der Waals surface area (Å²) in [6, 6.07) is 10.9. The van der Waals surface area contributed by atoms with Crippen molar-refractivity contribution in [2.45, 2.75) is 44.6 Å². The first kappa shape index (κ1) is 23.2. The minimum Gasteiger partial charge on any atom is -0.507 e. The Bertz CT molecular complexity index is 1260. The molecule has 2 aromatic carbocycles. The predicted octanol–water partition coefficient (Wildman–Crippen LogP) is 4.03. The lowest BCUT2D eigenvalue weighted by atomic mass is 9.79. The molecule has 0 radical (unpaired) electrons. The van der Waals surface area contributed by atoms with Crippen LogP contribution in [0.3, 0.4) is 0 Å². The van der Waals surface area contributed by atoms with Gasteiger partial charge in [0.2, 0.25) is 0 Å². The van der Waals surface area contributed by atoms with Gasteiger partial charge in [-0.25, -0.2) is 4.39 Å². The van der Waals surface area contributed by atoms with E-state index in [9.17, 15) is 22.7 Å². The molecule has 2 aromatic rings. The van der Waals surface area contributed by atoms with Gasteiger partial charge < -0.3 is 5.11 Å². The Morgan fingerprint density at radius 3 is 2.44 bits per heavy atom. The minimum atomic E-state index is -3.48. The number of ketones is 1. The van der Waals surface area contributed by atoms with Crippen molar-refractivity contribution < 1.29 is 22.7 Å². The SMILES string of the molecule is CCCN1CC2(NS1(=O)=O)C1CCC2Cc2cc(C(O)=CC(=O)c3ccc(F)cc3)ccc2C1. The fourth-order valence-electron chi connectivity index (χ4n) is 6.02. The second-order valence-electron chi connectivity index (χ2n) is 9.74. The van der Waals surface area contributed by atoms with Crippen molar-refractivity contribution in [3.8, 4) is 0 Å². The van der Waals surface area contributed by atoms with E-state index in [-0.39, 0.29) is 17.6 Å². The molecule has 3 aliphatic rings. The van der Waals surface area contributed by atoms with Crippen molar-refractivity contribution in [3.05, 3.63) is 76.6 Å². The Labute approximate surface area is 199 Å². The lowest BCUT2D eigenvalue weighted by Gasteiger charge is -2.33. The number of rotatable bonds is 5. The summed E-state index contributed by atoms with van der Waals surface area (Å²) in [5, 5.41) is 10.6. The van der Waals surface area contributed by atoms with E-state index in [1.165, 1.54) is 29.8 Å². The molecule has 1 heterocycles. The van der Waals surface area contributed by atoms with Crippen LogP contribution in [0.4, 0.5) is 4.39 Å². The van der Waals surface area contributed by atoms with Gasteiger partial charge in [0, 0.05) is 30.3 Å². The second kappa shape index (κ2) is 8.59. The van der Waals surface area contributed by atoms with E-state index in [2.05, 4.69) is 4.72 Å². The number of allylic oxidation sites excluding steroid dienone is 1. The molecule has 1 saturated carbocycles. The van der Waals surface area contributed by atoms with E-state index in [0.717, 1.165) is 43.7 Å². The average molecular weight is 485 g/mol. The zero-order valence-electron chi connectivity index (χ0n) is 19.1. The van der Waals surface area contributed by atoms with Gasteiger partial charge in [-0.1, -0.05) is 19.1 Å². The zero-order chi connectivity index (χ0) is 24.1. The molecule has 0 aromatic heterocycles. The number of hydrogen-bond donors (Lipinski definition) is 2. The summed E-state index contributed by atoms with van der Waals surface area (Å²) in [5.74, 6) is -0.563. The number of nitrogens with one attached hydrogen (secondary N) is 1. The van der Waals surface area contributed by atoms with E-state index < -0.39 is 27.3 Å². The van der Waals surface area contributed by atoms with Crippen LogP contribution in [0.15, 0.2) is 48.5 Å². The minimum absolute atomic E-state index is 0.142. The third-order valence-corrected chi connectivity index (χ3v) is 9.35. The topological polar surface area (TPSA) is 86.7 Å². The average Bonchev–Trinajstić information content (AvgIpc) is 3.19. The Balaban J connectivity index is 1.41. The van der Waals surface area contributed by atoms with Crippen LogP contribution in [0.1, 0.15) is 53.2 Å². The first-order valence-corrected chi connectivity index (χ1v) is 13.3. The van der Waals surface area contributed by atoms with Gasteiger partial charge in [0.25, 0.3) is 10.2 Å². The van der Waals surface area contributed by atoms with E-state index in [0.29, 0.717) is 24.2 Å². The first-order chi connectivity index (χ1) is 16.2. The van der Waals surface area contributed by atoms with Gasteiger partial charge in [-0.15, -0.1) is 0 Å². The van der Waals surface area contributed by atoms with Crippen LogP contribution < -0.4 is 4.72 Å². The third kappa shape index (κ3) is 3.97. The molecule has 2 aliphatic carbocycles. The molecule has 1 spiro atoms. The highest BCUT2D eigenvalue weighted by atomic mass is 32.2. The van der Waals surface area contributed by atoms with E-state index in [4.69, 9.17) is 0 Å². The molecule has 2 bridgehead atoms. The standard InChI is InChI=1S/C26H29FN2O4S/c1-2-11-29-16-26(28-34(29,32)33)21-7-8-22(26)14-20-12-19(4-3-18(20)13-21)25(31)15-24(30)17-5-9-23(27)10-6-17/h3-6,9-10,12,15,21-22,28,31H,2,7-8,11,13-14,16H2,1H3. The van der Waals surface area contributed by atoms with Gasteiger partial charge in [-0.2, -0.15) is 17.4 Å². The molecular weight excluding hydrogens is 455 g/mol. The molecule has 6 nitrogen and oxygen atoms in total. The summed E-state index contributed by atoms with van der Waals surface area (Å²) in [5.41, 5.74) is 2.64. The van der Waals surface area contributed by atoms with Crippen molar-refractivity contribution in [2.24, 2.45) is 11.8 Å². The summed E-state index contributed by atoms with van der Waals surface area (Å²) in [6.45, 7) is 3.02. The van der Waals surface area contributed by atoms with Crippen molar-refractivity contribution in [1.29, 1.82) is 0 Å². The Morgan fingerprint density at radius 1 is 1.12 bits per heavy atom. The molecule has 1 aliphatic heterocycles. The number of carbonyl (C=O) groups is 1. The van der Waals surface area contributed by atoms with Crippen LogP contribution in [0.5, 0.6) is 0 Å². The summed E-state index contributed by atoms with van der Waals surface area (Å²) in [7, 11) is -3.48. The van der Waals surface area contributed by atoms with Gasteiger partial charge in [0.15, 0.2) is 5.78 Å². The molecule has 5 rings (SSSR count). The van der Waals surface area contributed by atoms with Crippen LogP contribution in [0, 0.1) is 17.7 Å². The van der Waals surface area contributed by atoms with Gasteiger partial charge >= 0.3 is 0 Å². The van der Waals surface area contributed by atoms with Crippen LogP contribution in [-0.2, 0) is 23.1 Å². The fourth-order valence-corrected chi connectivity index (χ4v) is 7.83. The Morgan fingerprint density at radius 2 is 1.76 bits per heavy atom. The first-order valence-electron chi connectivity index (χ1n) is 11.8. The lowest BCUT2D eigenvalue weighted by molar-refractivity contribution is 0.104. The summed E-state index contributed by atoms with van der Waals surface area (Å²) >= 11 is 0. The molecule has 34 heavy (non-hydrogen) atoms. The number of nitrogens with zero attached hydrogens (tertiary/aromatic N) is 1. The highest BCUT2D eigenvalue weighted by molar-refractivity contribution is 7.87. The van der Waals surface area contributed by atoms with Gasteiger partial charge in [-0.3, -0.25) is 4.79 Å². The number of aliphatic hydroxyl groups is 1. The number of hydrogen-bond acceptors (Lipinski definition) is 4. The highest BCUT2D eigenvalue weighted by Gasteiger charge is 2.59. The number of halogens is 1. The molecule has 8 heteroatoms. The number of benzene rings is 2. The Kier molecular flexibility index (Phi) is 5.86. The number of carbonyl (C=O) groups excluding carboxylic acids is 1. The van der Waals surface area contributed by atoms with E-state index >= 15 is 0 Å². The molecule has 2 fully saturated rings. The summed E-state index contributed by atoms with van der Waals surface area (Å²) < 4.78 is 43.5. The van der Waals surface area contributed by atoms with Crippen molar-refractivity contribution in [3.63, 3.8) is 0 Å². The normalized spacial score (nSPS) is 28.1. The lowest BCUT2D eigenvalue weighted by Crippen LogP contribution is -2.52. The Hall–Kier alpha value is -2.55. The van der Waals surface area contributed by atoms with Crippen LogP contribution in [0.25, 0.3) is 5.76 Å². The van der Waals surface area contributed by atoms with Gasteiger partial charge in [0.05, 0.1) is 5.54 Å². The third-order valence-electron chi connectivity index (χ3n) is 7.72. The molecular formula is C26H29FN2O4S. The molecule has 180 valence electrons. The predicted molar refractivity (Wildman–Crippen MR) is 128 cm³/mol. The van der Waals surface area contributed by atoms with Gasteiger partial charge in [-0.05, 0) is 85.4 Å².